The summed E-state index contributed by atoms with van der Waals surface area (Å²) in [5.74, 6) is 0. The molecule has 1 aromatic rings. The molecule has 2 heteroatoms. The molecule has 0 aliphatic rings. The van der Waals surface area contributed by atoms with Crippen molar-refractivity contribution in [3.05, 3.63) is 36.2 Å². The molecule has 1 aromatic heterocycles. The molecule has 0 unspecified atom stereocenters. The Labute approximate surface area is 59.7 Å². The van der Waals surface area contributed by atoms with Gasteiger partial charge in [0.1, 0.15) is 0 Å². The van der Waals surface area contributed by atoms with Crippen molar-refractivity contribution < 1.29 is 0 Å². The molecular formula is C8H8N2. The Balaban J connectivity index is 3.20. The third kappa shape index (κ3) is 1.10. The number of nitrogens with zero attached hydrogens (tertiary/aromatic N) is 1. The second-order valence-corrected chi connectivity index (χ2v) is 1.85. The maximum Gasteiger partial charge on any atom is 0.0361 e. The Kier molecular flexibility index (Phi) is 1.95. The summed E-state index contributed by atoms with van der Waals surface area (Å²) in [6.07, 6.45) is 6.31. The predicted octanol–water partition coefficient (Wildman–Crippen LogP) is 1.72. The lowest BCUT2D eigenvalue weighted by Crippen LogP contribution is -1.85. The van der Waals surface area contributed by atoms with Gasteiger partial charge in [-0.3, -0.25) is 4.98 Å². The summed E-state index contributed by atoms with van der Waals surface area (Å²) in [6.45, 7) is 3.61. The van der Waals surface area contributed by atoms with E-state index in [2.05, 4.69) is 11.6 Å². The van der Waals surface area contributed by atoms with Crippen molar-refractivity contribution in [2.24, 2.45) is 0 Å². The molecule has 0 radical (unpaired) electrons. The van der Waals surface area contributed by atoms with Gasteiger partial charge < -0.3 is 5.41 Å². The standard InChI is InChI=1S/C8H8N2/c1-2-7-3-4-10-6-8(7)5-9/h2-6,9H,1H2. The number of rotatable bonds is 2. The Bertz CT molecular complexity index is 226. The second-order valence-electron chi connectivity index (χ2n) is 1.85. The molecule has 50 valence electrons. The molecule has 10 heavy (non-hydrogen) atoms. The molecule has 1 N–H and O–H groups in total. The van der Waals surface area contributed by atoms with Gasteiger partial charge in [0.05, 0.1) is 0 Å². The lowest BCUT2D eigenvalue weighted by atomic mass is 10.1. The van der Waals surface area contributed by atoms with Gasteiger partial charge in [0.25, 0.3) is 0 Å². The Morgan fingerprint density at radius 2 is 2.30 bits per heavy atom. The molecule has 0 saturated carbocycles. The van der Waals surface area contributed by atoms with Crippen LogP contribution in [0.15, 0.2) is 25.0 Å². The van der Waals surface area contributed by atoms with Crippen LogP contribution in [0.4, 0.5) is 0 Å². The molecule has 0 aromatic carbocycles. The lowest BCUT2D eigenvalue weighted by molar-refractivity contribution is 1.31. The van der Waals surface area contributed by atoms with E-state index in [1.165, 1.54) is 6.21 Å². The molecule has 0 saturated heterocycles. The first kappa shape index (κ1) is 6.68. The van der Waals surface area contributed by atoms with E-state index in [0.717, 1.165) is 11.1 Å². The molecule has 0 bridgehead atoms. The fourth-order valence-electron chi connectivity index (χ4n) is 0.724. The Morgan fingerprint density at radius 1 is 1.50 bits per heavy atom. The van der Waals surface area contributed by atoms with Gasteiger partial charge >= 0.3 is 0 Å². The maximum absolute atomic E-state index is 6.98. The third-order valence-electron chi connectivity index (χ3n) is 1.26. The van der Waals surface area contributed by atoms with Crippen molar-refractivity contribution >= 4 is 12.3 Å². The van der Waals surface area contributed by atoms with Gasteiger partial charge in [-0.15, -0.1) is 0 Å². The zero-order chi connectivity index (χ0) is 7.40. The zero-order valence-corrected chi connectivity index (χ0v) is 5.54. The monoisotopic (exact) mass is 132 g/mol. The van der Waals surface area contributed by atoms with Crippen LogP contribution in [0.2, 0.25) is 0 Å². The second kappa shape index (κ2) is 2.92. The highest BCUT2D eigenvalue weighted by molar-refractivity contribution is 5.82. The highest BCUT2D eigenvalue weighted by Crippen LogP contribution is 2.03. The van der Waals surface area contributed by atoms with Crippen LogP contribution in [-0.4, -0.2) is 11.2 Å². The zero-order valence-electron chi connectivity index (χ0n) is 5.54. The van der Waals surface area contributed by atoms with E-state index >= 15 is 0 Å². The van der Waals surface area contributed by atoms with Crippen LogP contribution >= 0.6 is 0 Å². The average Bonchev–Trinajstić information content (AvgIpc) is 2.04. The molecule has 1 rings (SSSR count). The normalized spacial score (nSPS) is 8.80. The number of nitrogens with one attached hydrogen (secondary N) is 1. The highest BCUT2D eigenvalue weighted by atomic mass is 14.6. The molecule has 0 aliphatic carbocycles. The fraction of sp³-hybridized carbons (Fsp3) is 0. The predicted molar refractivity (Wildman–Crippen MR) is 42.2 cm³/mol. The summed E-state index contributed by atoms with van der Waals surface area (Å²) < 4.78 is 0. The first-order valence-electron chi connectivity index (χ1n) is 2.95. The lowest BCUT2D eigenvalue weighted by Gasteiger charge is -1.94. The van der Waals surface area contributed by atoms with E-state index < -0.39 is 0 Å². The molecule has 0 spiro atoms. The SMILES string of the molecule is C=Cc1ccncc1C=N. The van der Waals surface area contributed by atoms with Gasteiger partial charge in [0, 0.05) is 24.2 Å². The Hall–Kier alpha value is -1.44. The smallest absolute Gasteiger partial charge is 0.0361 e. The summed E-state index contributed by atoms with van der Waals surface area (Å²) in [7, 11) is 0. The molecule has 0 amide bonds. The van der Waals surface area contributed by atoms with Crippen molar-refractivity contribution in [2.45, 2.75) is 0 Å². The van der Waals surface area contributed by atoms with Crippen molar-refractivity contribution in [1.29, 1.82) is 5.41 Å². The summed E-state index contributed by atoms with van der Waals surface area (Å²) >= 11 is 0. The Morgan fingerprint density at radius 3 is 2.80 bits per heavy atom. The average molecular weight is 132 g/mol. The van der Waals surface area contributed by atoms with Crippen molar-refractivity contribution in [3.8, 4) is 0 Å². The minimum Gasteiger partial charge on any atom is -0.308 e. The molecule has 2 nitrogen and oxygen atoms in total. The highest BCUT2D eigenvalue weighted by Gasteiger charge is 1.91. The quantitative estimate of drug-likeness (QED) is 0.611. The van der Waals surface area contributed by atoms with Crippen LogP contribution in [0.3, 0.4) is 0 Å². The van der Waals surface area contributed by atoms with Crippen LogP contribution in [0, 0.1) is 5.41 Å². The van der Waals surface area contributed by atoms with Gasteiger partial charge in [-0.2, -0.15) is 0 Å². The van der Waals surface area contributed by atoms with Crippen LogP contribution in [0.1, 0.15) is 11.1 Å². The topological polar surface area (TPSA) is 36.7 Å². The number of hydrogen-bond acceptors (Lipinski definition) is 2. The van der Waals surface area contributed by atoms with E-state index in [4.69, 9.17) is 5.41 Å². The van der Waals surface area contributed by atoms with E-state index in [9.17, 15) is 0 Å². The van der Waals surface area contributed by atoms with Crippen LogP contribution in [0.25, 0.3) is 6.08 Å². The number of pyridine rings is 1. The van der Waals surface area contributed by atoms with Gasteiger partial charge in [0.2, 0.25) is 0 Å². The summed E-state index contributed by atoms with van der Waals surface area (Å²) in [4.78, 5) is 3.87. The van der Waals surface area contributed by atoms with Gasteiger partial charge in [-0.25, -0.2) is 0 Å². The summed E-state index contributed by atoms with van der Waals surface area (Å²) in [5.41, 5.74) is 1.75. The number of hydrogen-bond donors (Lipinski definition) is 1. The van der Waals surface area contributed by atoms with Crippen LogP contribution in [0.5, 0.6) is 0 Å². The fourth-order valence-corrected chi connectivity index (χ4v) is 0.724. The van der Waals surface area contributed by atoms with Crippen LogP contribution < -0.4 is 0 Å². The minimum absolute atomic E-state index is 0.803. The molecule has 0 fully saturated rings. The van der Waals surface area contributed by atoms with Crippen molar-refractivity contribution in [1.82, 2.24) is 4.98 Å². The van der Waals surface area contributed by atoms with Gasteiger partial charge in [-0.1, -0.05) is 12.7 Å². The van der Waals surface area contributed by atoms with E-state index in [-0.39, 0.29) is 0 Å². The first-order valence-corrected chi connectivity index (χ1v) is 2.95. The number of aromatic nitrogens is 1. The molecule has 1 heterocycles. The van der Waals surface area contributed by atoms with Gasteiger partial charge in [0.15, 0.2) is 0 Å². The molecule has 0 atom stereocenters. The largest absolute Gasteiger partial charge is 0.308 e. The van der Waals surface area contributed by atoms with Crippen molar-refractivity contribution in [3.63, 3.8) is 0 Å². The van der Waals surface area contributed by atoms with Gasteiger partial charge in [-0.05, 0) is 11.6 Å². The molecular weight excluding hydrogens is 124 g/mol. The maximum atomic E-state index is 6.98. The van der Waals surface area contributed by atoms with E-state index in [1.54, 1.807) is 18.5 Å². The molecule has 0 aliphatic heterocycles. The van der Waals surface area contributed by atoms with Crippen molar-refractivity contribution in [2.75, 3.05) is 0 Å². The van der Waals surface area contributed by atoms with E-state index in [0.29, 0.717) is 0 Å². The van der Waals surface area contributed by atoms with E-state index in [1.807, 2.05) is 6.07 Å². The summed E-state index contributed by atoms with van der Waals surface area (Å²) in [5, 5.41) is 6.98. The third-order valence-corrected chi connectivity index (χ3v) is 1.26. The summed E-state index contributed by atoms with van der Waals surface area (Å²) in [6, 6.07) is 1.83. The minimum atomic E-state index is 0.803. The first-order chi connectivity index (χ1) is 4.88. The van der Waals surface area contributed by atoms with Crippen LogP contribution in [-0.2, 0) is 0 Å².